The molecule has 136 valence electrons. The van der Waals surface area contributed by atoms with E-state index in [1.165, 1.54) is 11.1 Å². The van der Waals surface area contributed by atoms with Gasteiger partial charge in [-0.3, -0.25) is 0 Å². The molecule has 2 atom stereocenters. The largest absolute Gasteiger partial charge is 0.147 e. The van der Waals surface area contributed by atoms with Crippen LogP contribution in [0.1, 0.15) is 44.5 Å². The maximum absolute atomic E-state index is 2.57. The number of fused-ring (bicyclic) bond motifs is 2. The van der Waals surface area contributed by atoms with Crippen LogP contribution >= 0.6 is 24.8 Å². The molecular weight excluding hydrogens is 411 g/mol. The first-order chi connectivity index (χ1) is 11.6. The quantitative estimate of drug-likeness (QED) is 0.443. The summed E-state index contributed by atoms with van der Waals surface area (Å²) in [4.78, 5) is 0. The van der Waals surface area contributed by atoms with E-state index >= 15 is 0 Å². The third-order valence-corrected chi connectivity index (χ3v) is 18.8. The van der Waals surface area contributed by atoms with Crippen molar-refractivity contribution in [1.82, 2.24) is 0 Å². The van der Waals surface area contributed by atoms with Crippen molar-refractivity contribution in [2.45, 2.75) is 35.4 Å². The first kappa shape index (κ1) is 21.7. The number of rotatable bonds is 2. The van der Waals surface area contributed by atoms with Gasteiger partial charge in [-0.2, -0.15) is 0 Å². The number of benzene rings is 2. The summed E-state index contributed by atoms with van der Waals surface area (Å²) in [5, 5.41) is 0. The molecular formula is C22H26Cl2SiTi. The third kappa shape index (κ3) is 3.57. The molecule has 2 aromatic rings. The molecule has 0 spiro atoms. The van der Waals surface area contributed by atoms with Gasteiger partial charge in [0.25, 0.3) is 0 Å². The van der Waals surface area contributed by atoms with E-state index in [0.29, 0.717) is 0 Å². The Labute approximate surface area is 176 Å². The molecule has 0 N–H and O–H groups in total. The Morgan fingerprint density at radius 1 is 0.692 bits per heavy atom. The van der Waals surface area contributed by atoms with Crippen molar-refractivity contribution in [3.63, 3.8) is 0 Å². The van der Waals surface area contributed by atoms with E-state index in [9.17, 15) is 0 Å². The van der Waals surface area contributed by atoms with E-state index in [0.717, 1.165) is 8.45 Å². The second-order valence-electron chi connectivity index (χ2n) is 7.36. The van der Waals surface area contributed by atoms with Crippen LogP contribution in [0.3, 0.4) is 0 Å². The van der Waals surface area contributed by atoms with Crippen molar-refractivity contribution in [2.75, 3.05) is 0 Å². The van der Waals surface area contributed by atoms with Crippen molar-refractivity contribution >= 4 is 43.2 Å². The van der Waals surface area contributed by atoms with Gasteiger partial charge >= 0.3 is 152 Å². The van der Waals surface area contributed by atoms with E-state index in [-0.39, 0.29) is 31.0 Å². The minimum absolute atomic E-state index is 0. The van der Waals surface area contributed by atoms with Crippen molar-refractivity contribution in [1.29, 1.82) is 0 Å². The normalized spacial score (nSPS) is 19.4. The fourth-order valence-corrected chi connectivity index (χ4v) is 18.4. The summed E-state index contributed by atoms with van der Waals surface area (Å²) in [6.45, 7) is 9.90. The zero-order valence-corrected chi connectivity index (χ0v) is 19.9. The minimum Gasteiger partial charge on any atom is -0.147 e. The average Bonchev–Trinajstić information content (AvgIpc) is 3.05. The van der Waals surface area contributed by atoms with E-state index in [1.54, 1.807) is 22.3 Å². The summed E-state index contributed by atoms with van der Waals surface area (Å²) in [5.41, 5.74) is 9.42. The molecule has 0 aliphatic heterocycles. The molecule has 2 aliphatic carbocycles. The molecule has 0 saturated carbocycles. The monoisotopic (exact) mass is 436 g/mol. The van der Waals surface area contributed by atoms with Crippen LogP contribution in [-0.4, -0.2) is 6.19 Å². The molecule has 0 nitrogen and oxygen atoms in total. The summed E-state index contributed by atoms with van der Waals surface area (Å²) in [5.74, 6) is 0. The zero-order chi connectivity index (χ0) is 16.8. The molecule has 0 saturated heterocycles. The van der Waals surface area contributed by atoms with Gasteiger partial charge < -0.3 is 0 Å². The van der Waals surface area contributed by atoms with Gasteiger partial charge in [-0.15, -0.1) is 24.8 Å². The minimum atomic E-state index is -1.38. The maximum atomic E-state index is 2.57. The SMILES string of the molecule is CC1=Cc2ccccc2[CH]1[Ti]([CH]1C(C)=Cc2ccccc21)=[Si](C)C.Cl.Cl. The molecule has 26 heavy (non-hydrogen) atoms. The average molecular weight is 437 g/mol. The Morgan fingerprint density at radius 3 is 1.46 bits per heavy atom. The Bertz CT molecular complexity index is 854. The Balaban J connectivity index is 0.00000121. The second kappa shape index (κ2) is 8.63. The van der Waals surface area contributed by atoms with E-state index in [4.69, 9.17) is 0 Å². The number of halogens is 2. The van der Waals surface area contributed by atoms with Crippen LogP contribution in [0, 0.1) is 0 Å². The molecule has 4 rings (SSSR count). The van der Waals surface area contributed by atoms with Gasteiger partial charge in [0.05, 0.1) is 0 Å². The number of hydrogen-bond donors (Lipinski definition) is 0. The van der Waals surface area contributed by atoms with Crippen LogP contribution < -0.4 is 0 Å². The fourth-order valence-electron chi connectivity index (χ4n) is 4.53. The summed E-state index contributed by atoms with van der Waals surface area (Å²) < 4.78 is 1.48. The molecule has 0 aromatic heterocycles. The van der Waals surface area contributed by atoms with E-state index in [2.05, 4.69) is 87.6 Å². The van der Waals surface area contributed by atoms with Gasteiger partial charge in [-0.25, -0.2) is 0 Å². The van der Waals surface area contributed by atoms with Gasteiger partial charge in [-0.05, 0) is 0 Å². The van der Waals surface area contributed by atoms with Crippen LogP contribution in [-0.2, 0) is 16.6 Å². The van der Waals surface area contributed by atoms with Crippen LogP contribution in [0.2, 0.25) is 13.1 Å². The smallest absolute Gasteiger partial charge is 0.147 e. The van der Waals surface area contributed by atoms with Crippen LogP contribution in [0.4, 0.5) is 0 Å². The molecule has 2 unspecified atom stereocenters. The topological polar surface area (TPSA) is 0 Å². The predicted octanol–water partition coefficient (Wildman–Crippen LogP) is 7.02. The third-order valence-electron chi connectivity index (χ3n) is 5.49. The molecule has 2 aromatic carbocycles. The van der Waals surface area contributed by atoms with Crippen molar-refractivity contribution in [2.24, 2.45) is 0 Å². The van der Waals surface area contributed by atoms with Crippen LogP contribution in [0.5, 0.6) is 0 Å². The zero-order valence-electron chi connectivity index (χ0n) is 15.7. The second-order valence-corrected chi connectivity index (χ2v) is 19.6. The molecule has 2 aliphatic rings. The van der Waals surface area contributed by atoms with Gasteiger partial charge in [-0.1, -0.05) is 0 Å². The molecule has 0 fully saturated rings. The summed E-state index contributed by atoms with van der Waals surface area (Å²) in [6.07, 6.45) is 4.61. The standard InChI is InChI=1S/2C10H9.C2H6Si.2ClH.Ti/c2*1-8-6-9-4-2-3-5-10(9)7-8;1-3-2;;;/h2*2-7H,1H3;1-2H3;2*1H;. The maximum Gasteiger partial charge on any atom is -0.147 e. The van der Waals surface area contributed by atoms with E-state index < -0.39 is 16.6 Å². The molecule has 0 heterocycles. The molecule has 0 amide bonds. The van der Waals surface area contributed by atoms with Gasteiger partial charge in [0.1, 0.15) is 0 Å². The van der Waals surface area contributed by atoms with Gasteiger partial charge in [0.2, 0.25) is 0 Å². The Kier molecular flexibility index (Phi) is 7.21. The molecule has 0 radical (unpaired) electrons. The summed E-state index contributed by atoms with van der Waals surface area (Å²) in [6, 6.07) is 18.2. The first-order valence-electron chi connectivity index (χ1n) is 8.79. The number of hydrogen-bond acceptors (Lipinski definition) is 0. The van der Waals surface area contributed by atoms with Gasteiger partial charge in [0, 0.05) is 0 Å². The molecule has 4 heteroatoms. The Hall–Kier alpha value is -0.569. The van der Waals surface area contributed by atoms with Crippen LogP contribution in [0.25, 0.3) is 12.2 Å². The first-order valence-corrected chi connectivity index (χ1v) is 15.4. The number of allylic oxidation sites excluding steroid dienone is 2. The predicted molar refractivity (Wildman–Crippen MR) is 118 cm³/mol. The summed E-state index contributed by atoms with van der Waals surface area (Å²) >= 11 is -1.38. The Morgan fingerprint density at radius 2 is 1.08 bits per heavy atom. The van der Waals surface area contributed by atoms with E-state index in [1.807, 2.05) is 0 Å². The van der Waals surface area contributed by atoms with Crippen LogP contribution in [0.15, 0.2) is 59.7 Å². The van der Waals surface area contributed by atoms with Crippen molar-refractivity contribution in [3.8, 4) is 0 Å². The van der Waals surface area contributed by atoms with Crippen molar-refractivity contribution in [3.05, 3.63) is 81.9 Å². The summed E-state index contributed by atoms with van der Waals surface area (Å²) in [7, 11) is 0. The van der Waals surface area contributed by atoms with Gasteiger partial charge in [0.15, 0.2) is 0 Å². The molecule has 0 bridgehead atoms. The van der Waals surface area contributed by atoms with Crippen molar-refractivity contribution < 1.29 is 16.6 Å². The fraction of sp³-hybridized carbons (Fsp3) is 0.273.